The summed E-state index contributed by atoms with van der Waals surface area (Å²) >= 11 is 0. The van der Waals surface area contributed by atoms with Crippen LogP contribution in [0.2, 0.25) is 0 Å². The molecule has 0 amide bonds. The van der Waals surface area contributed by atoms with Gasteiger partial charge in [0.1, 0.15) is 12.1 Å². The third-order valence-corrected chi connectivity index (χ3v) is 2.75. The Morgan fingerprint density at radius 1 is 1.47 bits per heavy atom. The number of rotatable bonds is 5. The minimum absolute atomic E-state index is 0.269. The Kier molecular flexibility index (Phi) is 2.52. The summed E-state index contributed by atoms with van der Waals surface area (Å²) in [5.41, 5.74) is 0.303. The van der Waals surface area contributed by atoms with E-state index in [0.717, 1.165) is 24.9 Å². The molecule has 7 heteroatoms. The smallest absolute Gasteiger partial charge is 0.348 e. The standard InChI is InChI=1S/C10H14N6O/c17-10-15-14-9-5-8(13-6-16(9)10)12-4-3-11-7-1-2-7/h5-7,11-12H,1-4H2,(H,15,17). The molecule has 0 radical (unpaired) electrons. The second-order valence-corrected chi connectivity index (χ2v) is 4.19. The van der Waals surface area contributed by atoms with Crippen molar-refractivity contribution < 1.29 is 0 Å². The van der Waals surface area contributed by atoms with E-state index in [9.17, 15) is 4.79 Å². The summed E-state index contributed by atoms with van der Waals surface area (Å²) < 4.78 is 1.37. The number of nitrogens with one attached hydrogen (secondary N) is 3. The maximum atomic E-state index is 11.2. The van der Waals surface area contributed by atoms with Crippen LogP contribution in [0.5, 0.6) is 0 Å². The van der Waals surface area contributed by atoms with Crippen molar-refractivity contribution in [1.82, 2.24) is 24.9 Å². The molecule has 0 saturated heterocycles. The molecule has 1 fully saturated rings. The van der Waals surface area contributed by atoms with Gasteiger partial charge in [0.15, 0.2) is 5.65 Å². The normalized spacial score (nSPS) is 15.3. The van der Waals surface area contributed by atoms with Gasteiger partial charge in [-0.1, -0.05) is 0 Å². The zero-order chi connectivity index (χ0) is 11.7. The number of aromatic amines is 1. The van der Waals surface area contributed by atoms with Crippen molar-refractivity contribution in [2.24, 2.45) is 0 Å². The highest BCUT2D eigenvalue weighted by Gasteiger charge is 2.19. The van der Waals surface area contributed by atoms with Crippen LogP contribution in [-0.2, 0) is 0 Å². The van der Waals surface area contributed by atoms with Crippen LogP contribution in [-0.4, -0.2) is 38.7 Å². The highest BCUT2D eigenvalue weighted by molar-refractivity contribution is 5.48. The fraction of sp³-hybridized carbons (Fsp3) is 0.500. The van der Waals surface area contributed by atoms with Crippen molar-refractivity contribution >= 4 is 11.5 Å². The van der Waals surface area contributed by atoms with E-state index in [2.05, 4.69) is 25.8 Å². The Balaban J connectivity index is 1.61. The highest BCUT2D eigenvalue weighted by Crippen LogP contribution is 2.17. The highest BCUT2D eigenvalue weighted by atomic mass is 16.1. The van der Waals surface area contributed by atoms with Gasteiger partial charge < -0.3 is 10.6 Å². The van der Waals surface area contributed by atoms with E-state index in [1.54, 1.807) is 6.07 Å². The third-order valence-electron chi connectivity index (χ3n) is 2.75. The van der Waals surface area contributed by atoms with E-state index in [4.69, 9.17) is 0 Å². The van der Waals surface area contributed by atoms with Crippen LogP contribution in [0.15, 0.2) is 17.2 Å². The van der Waals surface area contributed by atoms with Crippen LogP contribution in [0, 0.1) is 0 Å². The van der Waals surface area contributed by atoms with Crippen LogP contribution >= 0.6 is 0 Å². The molecule has 1 aliphatic rings. The van der Waals surface area contributed by atoms with Gasteiger partial charge in [-0.2, -0.15) is 5.10 Å². The van der Waals surface area contributed by atoms with Gasteiger partial charge in [0.2, 0.25) is 0 Å². The molecule has 0 aliphatic heterocycles. The summed E-state index contributed by atoms with van der Waals surface area (Å²) in [6, 6.07) is 2.46. The summed E-state index contributed by atoms with van der Waals surface area (Å²) in [5.74, 6) is 0.731. The number of nitrogens with zero attached hydrogens (tertiary/aromatic N) is 3. The van der Waals surface area contributed by atoms with E-state index < -0.39 is 0 Å². The fourth-order valence-electron chi connectivity index (χ4n) is 1.66. The maximum Gasteiger partial charge on any atom is 0.348 e. The summed E-state index contributed by atoms with van der Waals surface area (Å²) in [6.45, 7) is 1.74. The molecule has 1 saturated carbocycles. The van der Waals surface area contributed by atoms with Crippen molar-refractivity contribution in [2.45, 2.75) is 18.9 Å². The van der Waals surface area contributed by atoms with Gasteiger partial charge in [0, 0.05) is 25.2 Å². The van der Waals surface area contributed by atoms with Crippen molar-refractivity contribution in [2.75, 3.05) is 18.4 Å². The lowest BCUT2D eigenvalue weighted by Gasteiger charge is -2.05. The van der Waals surface area contributed by atoms with E-state index in [0.29, 0.717) is 5.65 Å². The lowest BCUT2D eigenvalue weighted by atomic mass is 10.5. The molecule has 1 aliphatic carbocycles. The predicted molar refractivity (Wildman–Crippen MR) is 63.1 cm³/mol. The first-order chi connectivity index (χ1) is 8.33. The second-order valence-electron chi connectivity index (χ2n) is 4.19. The average Bonchev–Trinajstić information content (AvgIpc) is 3.10. The fourth-order valence-corrected chi connectivity index (χ4v) is 1.66. The van der Waals surface area contributed by atoms with Crippen LogP contribution in [0.3, 0.4) is 0 Å². The molecule has 0 aromatic carbocycles. The number of hydrogen-bond donors (Lipinski definition) is 3. The first-order valence-corrected chi connectivity index (χ1v) is 5.73. The molecule has 17 heavy (non-hydrogen) atoms. The largest absolute Gasteiger partial charge is 0.369 e. The molecule has 7 nitrogen and oxygen atoms in total. The quantitative estimate of drug-likeness (QED) is 0.612. The number of hydrogen-bond acceptors (Lipinski definition) is 5. The molecule has 2 aromatic rings. The van der Waals surface area contributed by atoms with E-state index in [-0.39, 0.29) is 5.69 Å². The van der Waals surface area contributed by atoms with Crippen molar-refractivity contribution in [1.29, 1.82) is 0 Å². The Hall–Kier alpha value is -1.89. The third kappa shape index (κ3) is 2.28. The lowest BCUT2D eigenvalue weighted by molar-refractivity contribution is 0.700. The van der Waals surface area contributed by atoms with Crippen molar-refractivity contribution in [3.63, 3.8) is 0 Å². The molecule has 0 spiro atoms. The zero-order valence-corrected chi connectivity index (χ0v) is 9.31. The van der Waals surface area contributed by atoms with Crippen LogP contribution in [0.25, 0.3) is 5.65 Å². The van der Waals surface area contributed by atoms with Gasteiger partial charge in [-0.05, 0) is 12.8 Å². The topological polar surface area (TPSA) is 87.1 Å². The van der Waals surface area contributed by atoms with Crippen LogP contribution < -0.4 is 16.3 Å². The average molecular weight is 234 g/mol. The van der Waals surface area contributed by atoms with E-state index in [1.807, 2.05) is 0 Å². The Morgan fingerprint density at radius 2 is 2.35 bits per heavy atom. The minimum Gasteiger partial charge on any atom is -0.369 e. The molecule has 2 heterocycles. The van der Waals surface area contributed by atoms with E-state index in [1.165, 1.54) is 23.6 Å². The molecule has 90 valence electrons. The lowest BCUT2D eigenvalue weighted by Crippen LogP contribution is -2.24. The summed E-state index contributed by atoms with van der Waals surface area (Å²) in [7, 11) is 0. The zero-order valence-electron chi connectivity index (χ0n) is 9.31. The SMILES string of the molecule is O=c1[nH]nc2cc(NCCNC3CC3)ncn12. The molecule has 3 N–H and O–H groups in total. The number of H-pyrrole nitrogens is 1. The molecule has 0 atom stereocenters. The summed E-state index contributed by atoms with van der Waals surface area (Å²) in [4.78, 5) is 15.3. The van der Waals surface area contributed by atoms with Crippen LogP contribution in [0.1, 0.15) is 12.8 Å². The molecule has 0 unspecified atom stereocenters. The summed E-state index contributed by atoms with van der Waals surface area (Å²) in [5, 5.41) is 12.8. The van der Waals surface area contributed by atoms with Crippen LogP contribution in [0.4, 0.5) is 5.82 Å². The molecule has 2 aromatic heterocycles. The molecule has 3 rings (SSSR count). The Morgan fingerprint density at radius 3 is 3.18 bits per heavy atom. The molecular formula is C10H14N6O. The van der Waals surface area contributed by atoms with Gasteiger partial charge in [0.05, 0.1) is 0 Å². The van der Waals surface area contributed by atoms with Gasteiger partial charge in [-0.15, -0.1) is 0 Å². The van der Waals surface area contributed by atoms with Crippen molar-refractivity contribution in [3.8, 4) is 0 Å². The number of anilines is 1. The Labute approximate surface area is 97.3 Å². The Bertz CT molecular complexity index is 569. The van der Waals surface area contributed by atoms with Gasteiger partial charge in [0.25, 0.3) is 0 Å². The monoisotopic (exact) mass is 234 g/mol. The summed E-state index contributed by atoms with van der Waals surface area (Å²) in [6.07, 6.45) is 4.05. The first kappa shape index (κ1) is 10.3. The second kappa shape index (κ2) is 4.17. The maximum absolute atomic E-state index is 11.2. The predicted octanol–water partition coefficient (Wildman–Crippen LogP) is -0.419. The number of aromatic nitrogens is 4. The van der Waals surface area contributed by atoms with Crippen molar-refractivity contribution in [3.05, 3.63) is 22.9 Å². The first-order valence-electron chi connectivity index (χ1n) is 5.73. The minimum atomic E-state index is -0.269. The molecular weight excluding hydrogens is 220 g/mol. The van der Waals surface area contributed by atoms with Gasteiger partial charge in [-0.25, -0.2) is 19.3 Å². The molecule has 0 bridgehead atoms. The van der Waals surface area contributed by atoms with Gasteiger partial charge >= 0.3 is 5.69 Å². The number of fused-ring (bicyclic) bond motifs is 1. The van der Waals surface area contributed by atoms with Gasteiger partial charge in [-0.3, -0.25) is 0 Å². The van der Waals surface area contributed by atoms with E-state index >= 15 is 0 Å².